The quantitative estimate of drug-likeness (QED) is 0.849. The van der Waals surface area contributed by atoms with Gasteiger partial charge in [0.15, 0.2) is 9.84 Å². The van der Waals surface area contributed by atoms with E-state index < -0.39 is 28.3 Å². The summed E-state index contributed by atoms with van der Waals surface area (Å²) < 4.78 is 59.0. The zero-order chi connectivity index (χ0) is 13.8. The molecule has 1 aromatic rings. The summed E-state index contributed by atoms with van der Waals surface area (Å²) in [5.41, 5.74) is 0. The molecule has 0 amide bonds. The van der Waals surface area contributed by atoms with Crippen LogP contribution >= 0.6 is 11.6 Å². The number of alkyl halides is 3. The van der Waals surface area contributed by atoms with E-state index in [1.165, 1.54) is 18.2 Å². The van der Waals surface area contributed by atoms with Gasteiger partial charge in [-0.05, 0) is 12.1 Å². The van der Waals surface area contributed by atoms with Crippen molar-refractivity contribution in [3.8, 4) is 0 Å². The lowest BCUT2D eigenvalue weighted by molar-refractivity contribution is -0.124. The van der Waals surface area contributed by atoms with Crippen molar-refractivity contribution in [1.29, 1.82) is 0 Å². The summed E-state index contributed by atoms with van der Waals surface area (Å²) >= 11 is 5.71. The van der Waals surface area contributed by atoms with Crippen molar-refractivity contribution in [2.75, 3.05) is 18.8 Å². The number of hydrogen-bond acceptors (Lipinski definition) is 3. The minimum atomic E-state index is -4.35. The summed E-state index contributed by atoms with van der Waals surface area (Å²) in [4.78, 5) is -0.0690. The average Bonchev–Trinajstić information content (AvgIpc) is 2.24. The van der Waals surface area contributed by atoms with Crippen molar-refractivity contribution in [2.24, 2.45) is 0 Å². The summed E-state index contributed by atoms with van der Waals surface area (Å²) in [5.74, 6) is -0.438. The molecule has 102 valence electrons. The summed E-state index contributed by atoms with van der Waals surface area (Å²) in [6.07, 6.45) is -4.35. The molecule has 0 saturated carbocycles. The van der Waals surface area contributed by atoms with Crippen molar-refractivity contribution < 1.29 is 21.6 Å². The smallest absolute Gasteiger partial charge is 0.308 e. The van der Waals surface area contributed by atoms with Gasteiger partial charge in [0.25, 0.3) is 0 Å². The molecule has 1 rings (SSSR count). The van der Waals surface area contributed by atoms with Gasteiger partial charge in [-0.1, -0.05) is 23.7 Å². The summed E-state index contributed by atoms with van der Waals surface area (Å²) in [6.45, 7) is -1.50. The van der Waals surface area contributed by atoms with Crippen molar-refractivity contribution >= 4 is 21.4 Å². The highest BCUT2D eigenvalue weighted by atomic mass is 35.5. The monoisotopic (exact) mass is 301 g/mol. The number of benzene rings is 1. The molecule has 0 atom stereocenters. The molecule has 0 heterocycles. The third kappa shape index (κ3) is 4.83. The molecule has 0 saturated heterocycles. The molecular formula is C10H11ClF3NO2S. The van der Waals surface area contributed by atoms with Gasteiger partial charge < -0.3 is 5.32 Å². The summed E-state index contributed by atoms with van der Waals surface area (Å²) in [5, 5.41) is 2.09. The third-order valence-electron chi connectivity index (χ3n) is 2.04. The van der Waals surface area contributed by atoms with Crippen molar-refractivity contribution in [3.05, 3.63) is 29.3 Å². The first-order chi connectivity index (χ1) is 8.22. The van der Waals surface area contributed by atoms with Gasteiger partial charge in [0.05, 0.1) is 22.2 Å². The second-order valence-corrected chi connectivity index (χ2v) is 6.03. The minimum absolute atomic E-state index is 0.0633. The van der Waals surface area contributed by atoms with Crippen LogP contribution in [0.1, 0.15) is 0 Å². The maximum atomic E-state index is 11.8. The first-order valence-electron chi connectivity index (χ1n) is 4.97. The SMILES string of the molecule is O=S(=O)(CCNCC(F)(F)F)c1ccccc1Cl. The zero-order valence-electron chi connectivity index (χ0n) is 9.17. The number of sulfone groups is 1. The highest BCUT2D eigenvalue weighted by Gasteiger charge is 2.26. The Labute approximate surface area is 108 Å². The Morgan fingerprint density at radius 2 is 1.83 bits per heavy atom. The standard InChI is InChI=1S/C10H11ClF3NO2S/c11-8-3-1-2-4-9(8)18(16,17)6-5-15-7-10(12,13)14/h1-4,15H,5-7H2. The fourth-order valence-electron chi connectivity index (χ4n) is 1.24. The Balaban J connectivity index is 2.59. The maximum Gasteiger partial charge on any atom is 0.401 e. The van der Waals surface area contributed by atoms with Crippen LogP contribution in [0.2, 0.25) is 5.02 Å². The molecule has 0 aliphatic heterocycles. The van der Waals surface area contributed by atoms with E-state index in [2.05, 4.69) is 0 Å². The highest BCUT2D eigenvalue weighted by molar-refractivity contribution is 7.91. The normalized spacial score (nSPS) is 12.7. The van der Waals surface area contributed by atoms with Gasteiger partial charge in [0, 0.05) is 6.54 Å². The van der Waals surface area contributed by atoms with Crippen LogP contribution in [0, 0.1) is 0 Å². The number of nitrogens with one attached hydrogen (secondary N) is 1. The largest absolute Gasteiger partial charge is 0.401 e. The van der Waals surface area contributed by atoms with Gasteiger partial charge in [-0.3, -0.25) is 0 Å². The molecule has 0 bridgehead atoms. The van der Waals surface area contributed by atoms with E-state index in [-0.39, 0.29) is 16.5 Å². The maximum absolute atomic E-state index is 11.8. The van der Waals surface area contributed by atoms with E-state index in [0.717, 1.165) is 0 Å². The Hall–Kier alpha value is -0.790. The molecule has 18 heavy (non-hydrogen) atoms. The lowest BCUT2D eigenvalue weighted by Crippen LogP contribution is -2.32. The number of halogens is 4. The van der Waals surface area contributed by atoms with Gasteiger partial charge in [-0.25, -0.2) is 8.42 Å². The van der Waals surface area contributed by atoms with Crippen molar-refractivity contribution in [1.82, 2.24) is 5.32 Å². The second-order valence-electron chi connectivity index (χ2n) is 3.54. The van der Waals surface area contributed by atoms with Crippen molar-refractivity contribution in [3.63, 3.8) is 0 Å². The van der Waals surface area contributed by atoms with Crippen LogP contribution < -0.4 is 5.32 Å². The molecule has 0 aliphatic carbocycles. The van der Waals surface area contributed by atoms with E-state index >= 15 is 0 Å². The van der Waals surface area contributed by atoms with Gasteiger partial charge >= 0.3 is 6.18 Å². The van der Waals surface area contributed by atoms with E-state index in [1.807, 2.05) is 5.32 Å². The van der Waals surface area contributed by atoms with Crippen LogP contribution in [-0.2, 0) is 9.84 Å². The predicted octanol–water partition coefficient (Wildman–Crippen LogP) is 2.27. The van der Waals surface area contributed by atoms with E-state index in [0.29, 0.717) is 0 Å². The molecule has 8 heteroatoms. The fraction of sp³-hybridized carbons (Fsp3) is 0.400. The molecule has 1 aromatic carbocycles. The number of hydrogen-bond donors (Lipinski definition) is 1. The lowest BCUT2D eigenvalue weighted by Gasteiger charge is -2.09. The van der Waals surface area contributed by atoms with E-state index in [4.69, 9.17) is 11.6 Å². The molecule has 0 aliphatic rings. The molecular weight excluding hydrogens is 291 g/mol. The lowest BCUT2D eigenvalue weighted by atomic mass is 10.4. The number of rotatable bonds is 5. The summed E-state index contributed by atoms with van der Waals surface area (Å²) in [7, 11) is -3.67. The van der Waals surface area contributed by atoms with Gasteiger partial charge in [0.1, 0.15) is 0 Å². The first kappa shape index (κ1) is 15.3. The van der Waals surface area contributed by atoms with Crippen LogP contribution in [0.25, 0.3) is 0 Å². The molecule has 0 radical (unpaired) electrons. The Kier molecular flexibility index (Phi) is 5.01. The Bertz CT molecular complexity index is 502. The third-order valence-corrected chi connectivity index (χ3v) is 4.25. The molecule has 0 unspecified atom stereocenters. The zero-order valence-corrected chi connectivity index (χ0v) is 10.7. The van der Waals surface area contributed by atoms with Gasteiger partial charge in [0.2, 0.25) is 0 Å². The van der Waals surface area contributed by atoms with Gasteiger partial charge in [-0.2, -0.15) is 13.2 Å². The topological polar surface area (TPSA) is 46.2 Å². The van der Waals surface area contributed by atoms with Crippen LogP contribution in [0.3, 0.4) is 0 Å². The van der Waals surface area contributed by atoms with Crippen LogP contribution in [0.5, 0.6) is 0 Å². The van der Waals surface area contributed by atoms with Crippen LogP contribution in [-0.4, -0.2) is 33.4 Å². The minimum Gasteiger partial charge on any atom is -0.308 e. The average molecular weight is 302 g/mol. The van der Waals surface area contributed by atoms with Gasteiger partial charge in [-0.15, -0.1) is 0 Å². The molecule has 0 spiro atoms. The van der Waals surface area contributed by atoms with Crippen LogP contribution in [0.4, 0.5) is 13.2 Å². The Morgan fingerprint density at radius 1 is 1.22 bits per heavy atom. The molecule has 0 fully saturated rings. The summed E-state index contributed by atoms with van der Waals surface area (Å²) in [6, 6.07) is 5.81. The first-order valence-corrected chi connectivity index (χ1v) is 7.00. The fourth-order valence-corrected chi connectivity index (χ4v) is 3.02. The van der Waals surface area contributed by atoms with Crippen LogP contribution in [0.15, 0.2) is 29.2 Å². The molecule has 1 N–H and O–H groups in total. The van der Waals surface area contributed by atoms with E-state index in [9.17, 15) is 21.6 Å². The van der Waals surface area contributed by atoms with E-state index in [1.54, 1.807) is 6.07 Å². The predicted molar refractivity (Wildman–Crippen MR) is 62.4 cm³/mol. The molecule has 3 nitrogen and oxygen atoms in total. The Morgan fingerprint density at radius 3 is 2.39 bits per heavy atom. The second kappa shape index (κ2) is 5.90. The van der Waals surface area contributed by atoms with Crippen molar-refractivity contribution in [2.45, 2.75) is 11.1 Å². The molecule has 0 aromatic heterocycles. The highest BCUT2D eigenvalue weighted by Crippen LogP contribution is 2.21.